The van der Waals surface area contributed by atoms with Crippen molar-refractivity contribution in [1.29, 1.82) is 5.26 Å². The molecule has 3 saturated heterocycles. The van der Waals surface area contributed by atoms with E-state index in [-0.39, 0.29) is 12.1 Å². The van der Waals surface area contributed by atoms with Crippen LogP contribution >= 0.6 is 0 Å². The Kier molecular flexibility index (Phi) is 12.2. The molecule has 0 amide bonds. The van der Waals surface area contributed by atoms with Gasteiger partial charge in [0.1, 0.15) is 0 Å². The van der Waals surface area contributed by atoms with E-state index in [9.17, 15) is 5.26 Å². The molecular formula is C52H80N6O. The second kappa shape index (κ2) is 17.9. The van der Waals surface area contributed by atoms with E-state index in [2.05, 4.69) is 62.2 Å². The summed E-state index contributed by atoms with van der Waals surface area (Å²) >= 11 is 0. The smallest absolute Gasteiger partial charge is 0.0773 e. The fourth-order valence-electron chi connectivity index (χ4n) is 16.5. The van der Waals surface area contributed by atoms with Gasteiger partial charge in [-0.25, -0.2) is 0 Å². The number of ether oxygens (including phenoxy) is 1. The molecule has 0 aromatic carbocycles. The molecule has 11 rings (SSSR count). The van der Waals surface area contributed by atoms with Crippen LogP contribution in [-0.2, 0) is 4.74 Å². The van der Waals surface area contributed by atoms with Gasteiger partial charge >= 0.3 is 0 Å². The summed E-state index contributed by atoms with van der Waals surface area (Å²) in [4.78, 5) is 6.18. The fraction of sp³-hybridized carbons (Fsp3) is 0.865. The summed E-state index contributed by atoms with van der Waals surface area (Å²) in [5.74, 6) is 4.18. The second-order valence-electron chi connectivity index (χ2n) is 22.1. The molecule has 7 heteroatoms. The highest BCUT2D eigenvalue weighted by molar-refractivity contribution is 5.20. The average Bonchev–Trinajstić information content (AvgIpc) is 3.65. The van der Waals surface area contributed by atoms with Gasteiger partial charge in [-0.15, -0.1) is 0 Å². The number of fused-ring (bicyclic) bond motifs is 5. The van der Waals surface area contributed by atoms with E-state index >= 15 is 0 Å². The van der Waals surface area contributed by atoms with Crippen molar-refractivity contribution in [2.45, 2.75) is 240 Å². The first-order valence-electron chi connectivity index (χ1n) is 26.1. The van der Waals surface area contributed by atoms with Crippen LogP contribution in [0.3, 0.4) is 0 Å². The molecule has 11 aliphatic rings. The number of allylic oxidation sites excluding steroid dienone is 4. The summed E-state index contributed by atoms with van der Waals surface area (Å²) in [5, 5.41) is 24.7. The van der Waals surface area contributed by atoms with Gasteiger partial charge < -0.3 is 4.74 Å². The quantitative estimate of drug-likeness (QED) is 0.231. The van der Waals surface area contributed by atoms with E-state index in [0.29, 0.717) is 78.5 Å². The predicted octanol–water partition coefficient (Wildman–Crippen LogP) is 9.86. The van der Waals surface area contributed by atoms with Crippen molar-refractivity contribution in [3.05, 3.63) is 36.0 Å². The summed E-state index contributed by atoms with van der Waals surface area (Å²) < 4.78 is 7.15. The van der Waals surface area contributed by atoms with Crippen LogP contribution in [0.15, 0.2) is 36.0 Å². The maximum atomic E-state index is 11.5. The third-order valence-corrected chi connectivity index (χ3v) is 19.1. The van der Waals surface area contributed by atoms with E-state index in [0.717, 1.165) is 43.4 Å². The number of nitrogens with one attached hydrogen (secondary N) is 3. The normalized spacial score (nSPS) is 48.5. The second-order valence-corrected chi connectivity index (χ2v) is 22.1. The minimum Gasteiger partial charge on any atom is -0.371 e. The lowest BCUT2D eigenvalue weighted by Crippen LogP contribution is -2.76. The third-order valence-electron chi connectivity index (χ3n) is 19.1. The van der Waals surface area contributed by atoms with E-state index in [4.69, 9.17) is 4.74 Å². The van der Waals surface area contributed by atoms with Gasteiger partial charge in [-0.2, -0.15) is 5.26 Å². The first kappa shape index (κ1) is 40.3. The minimum absolute atomic E-state index is 0.0659. The number of likely N-dealkylation sites (tertiary alicyclic amines) is 1. The topological polar surface area (TPSA) is 75.6 Å². The van der Waals surface area contributed by atoms with Gasteiger partial charge in [-0.05, 0) is 152 Å². The summed E-state index contributed by atoms with van der Waals surface area (Å²) in [7, 11) is 0. The van der Waals surface area contributed by atoms with Gasteiger partial charge in [0.25, 0.3) is 0 Å². The minimum atomic E-state index is 0.0659. The molecule has 7 nitrogen and oxygen atoms in total. The zero-order valence-corrected chi connectivity index (χ0v) is 36.6. The van der Waals surface area contributed by atoms with Gasteiger partial charge in [-0.3, -0.25) is 25.8 Å². The number of hydrogen-bond acceptors (Lipinski definition) is 7. The zero-order chi connectivity index (χ0) is 39.3. The number of nitriles is 1. The Morgan fingerprint density at radius 2 is 1.25 bits per heavy atom. The van der Waals surface area contributed by atoms with Gasteiger partial charge in [0, 0.05) is 36.1 Å². The van der Waals surface area contributed by atoms with Crippen molar-refractivity contribution >= 4 is 0 Å². The molecule has 0 aromatic rings. The van der Waals surface area contributed by atoms with Crippen LogP contribution in [0.5, 0.6) is 0 Å². The highest BCUT2D eigenvalue weighted by atomic mass is 16.5. The highest BCUT2D eigenvalue weighted by Gasteiger charge is 2.58. The van der Waals surface area contributed by atoms with Gasteiger partial charge in [-0.1, -0.05) is 87.3 Å². The number of nitrogens with zero attached hydrogens (tertiary/aromatic N) is 3. The molecule has 5 saturated carbocycles. The molecule has 0 spiro atoms. The van der Waals surface area contributed by atoms with Crippen molar-refractivity contribution < 1.29 is 4.74 Å². The molecular weight excluding hydrogens is 725 g/mol. The monoisotopic (exact) mass is 805 g/mol. The van der Waals surface area contributed by atoms with E-state index in [1.807, 2.05) is 0 Å². The van der Waals surface area contributed by atoms with Crippen LogP contribution in [0.2, 0.25) is 0 Å². The van der Waals surface area contributed by atoms with Crippen molar-refractivity contribution in [2.75, 3.05) is 0 Å². The lowest BCUT2D eigenvalue weighted by atomic mass is 9.69. The number of morpholine rings is 1. The molecule has 0 aromatic heterocycles. The number of hydrogen-bond donors (Lipinski definition) is 3. The Labute approximate surface area is 358 Å². The zero-order valence-electron chi connectivity index (χ0n) is 36.6. The van der Waals surface area contributed by atoms with Gasteiger partial charge in [0.2, 0.25) is 0 Å². The van der Waals surface area contributed by atoms with Crippen LogP contribution < -0.4 is 16.0 Å². The third kappa shape index (κ3) is 7.81. The van der Waals surface area contributed by atoms with E-state index < -0.39 is 0 Å². The SMILES string of the molecule is N#CC1CC(C2NC(C3CCCCC3)NC(C3CCCC(C4=CCCCC4)C3)N2)C(N2C3C=CCCC3OC3CCCCC32)CC1N1C2C=CCCC2C2CCCCC21. The van der Waals surface area contributed by atoms with Gasteiger partial charge in [0.05, 0.1) is 48.7 Å². The Bertz CT molecular complexity index is 1580. The maximum Gasteiger partial charge on any atom is 0.0773 e. The molecule has 59 heavy (non-hydrogen) atoms. The largest absolute Gasteiger partial charge is 0.371 e. The maximum absolute atomic E-state index is 11.5. The Morgan fingerprint density at radius 1 is 0.525 bits per heavy atom. The van der Waals surface area contributed by atoms with Crippen LogP contribution in [0.1, 0.15) is 173 Å². The van der Waals surface area contributed by atoms with Crippen LogP contribution in [0.4, 0.5) is 0 Å². The molecule has 17 atom stereocenters. The van der Waals surface area contributed by atoms with Crippen LogP contribution in [0.25, 0.3) is 0 Å². The van der Waals surface area contributed by atoms with Crippen LogP contribution in [0, 0.1) is 52.8 Å². The lowest BCUT2D eigenvalue weighted by molar-refractivity contribution is -0.184. The fourth-order valence-corrected chi connectivity index (χ4v) is 16.5. The van der Waals surface area contributed by atoms with E-state index in [1.54, 1.807) is 5.57 Å². The van der Waals surface area contributed by atoms with Crippen molar-refractivity contribution in [1.82, 2.24) is 25.8 Å². The molecule has 3 N–H and O–H groups in total. The standard InChI is InChI=1S/C52H80N6O/c53-33-38-31-41(52-55-50(35-18-5-2-6-19-35)54-51(56-52)37-21-15-20-36(30-37)34-16-3-1-4-17-34)47(58-44-26-11-13-28-48(44)59-49-29-14-12-27-45(49)58)32-46(38)57-42-24-9-7-22-39(42)40-23-8-10-25-43(40)57/h9,11,16,24,26,35-52,54-56H,1-8,10,12-15,17-23,25,27-32H2. The molecule has 8 aliphatic carbocycles. The lowest BCUT2D eigenvalue weighted by Gasteiger charge is -2.60. The van der Waals surface area contributed by atoms with Crippen LogP contribution in [-0.4, -0.2) is 76.8 Å². The molecule has 17 unspecified atom stereocenters. The first-order valence-corrected chi connectivity index (χ1v) is 26.1. The average molecular weight is 805 g/mol. The summed E-state index contributed by atoms with van der Waals surface area (Å²) in [5.41, 5.74) is 1.80. The van der Waals surface area contributed by atoms with Gasteiger partial charge in [0.15, 0.2) is 0 Å². The first-order chi connectivity index (χ1) is 29.2. The molecule has 8 fully saturated rings. The summed E-state index contributed by atoms with van der Waals surface area (Å²) in [6, 6.07) is 5.89. The number of rotatable bonds is 6. The molecule has 3 heterocycles. The summed E-state index contributed by atoms with van der Waals surface area (Å²) in [6.45, 7) is 0. The molecule has 0 bridgehead atoms. The van der Waals surface area contributed by atoms with E-state index in [1.165, 1.54) is 148 Å². The Morgan fingerprint density at radius 3 is 2.10 bits per heavy atom. The summed E-state index contributed by atoms with van der Waals surface area (Å²) in [6.07, 6.45) is 49.8. The van der Waals surface area contributed by atoms with Crippen molar-refractivity contribution in [3.8, 4) is 6.07 Å². The molecule has 324 valence electrons. The van der Waals surface area contributed by atoms with Crippen molar-refractivity contribution in [3.63, 3.8) is 0 Å². The molecule has 0 radical (unpaired) electrons. The Hall–Kier alpha value is -1.53. The Balaban J connectivity index is 0.962. The predicted molar refractivity (Wildman–Crippen MR) is 237 cm³/mol. The van der Waals surface area contributed by atoms with Crippen molar-refractivity contribution in [2.24, 2.45) is 41.4 Å². The molecule has 3 aliphatic heterocycles. The highest BCUT2D eigenvalue weighted by Crippen LogP contribution is 2.53.